The molecule has 0 aliphatic heterocycles. The average molecular weight is 315 g/mol. The van der Waals surface area contributed by atoms with Crippen LogP contribution in [-0.4, -0.2) is 26.7 Å². The van der Waals surface area contributed by atoms with Crippen LogP contribution in [-0.2, 0) is 11.3 Å². The average Bonchev–Trinajstić information content (AvgIpc) is 2.57. The maximum atomic E-state index is 11.9. The van der Waals surface area contributed by atoms with Gasteiger partial charge in [0.1, 0.15) is 17.2 Å². The van der Waals surface area contributed by atoms with Gasteiger partial charge in [-0.15, -0.1) is 0 Å². The molecule has 122 valence electrons. The zero-order valence-electron chi connectivity index (χ0n) is 13.6. The molecule has 0 spiro atoms. The highest BCUT2D eigenvalue weighted by Crippen LogP contribution is 2.27. The maximum absolute atomic E-state index is 11.9. The van der Waals surface area contributed by atoms with E-state index < -0.39 is 0 Å². The van der Waals surface area contributed by atoms with E-state index in [1.807, 2.05) is 31.2 Å². The van der Waals surface area contributed by atoms with Crippen molar-refractivity contribution in [1.29, 1.82) is 0 Å². The van der Waals surface area contributed by atoms with Crippen molar-refractivity contribution in [2.75, 3.05) is 20.8 Å². The molecule has 5 nitrogen and oxygen atoms in total. The monoisotopic (exact) mass is 315 g/mol. The number of ether oxygens (including phenoxy) is 3. The van der Waals surface area contributed by atoms with Crippen molar-refractivity contribution in [2.45, 2.75) is 13.5 Å². The van der Waals surface area contributed by atoms with Gasteiger partial charge in [-0.05, 0) is 12.5 Å². The molecule has 2 aromatic carbocycles. The van der Waals surface area contributed by atoms with Gasteiger partial charge in [0.05, 0.1) is 14.2 Å². The summed E-state index contributed by atoms with van der Waals surface area (Å²) in [5, 5.41) is 2.83. The Balaban J connectivity index is 1.86. The molecule has 0 aliphatic rings. The van der Waals surface area contributed by atoms with Gasteiger partial charge in [-0.25, -0.2) is 0 Å². The van der Waals surface area contributed by atoms with Crippen molar-refractivity contribution in [3.05, 3.63) is 53.6 Å². The van der Waals surface area contributed by atoms with Crippen molar-refractivity contribution in [3.63, 3.8) is 0 Å². The van der Waals surface area contributed by atoms with Crippen LogP contribution in [0.1, 0.15) is 11.1 Å². The van der Waals surface area contributed by atoms with E-state index in [9.17, 15) is 4.79 Å². The van der Waals surface area contributed by atoms with E-state index in [0.717, 1.165) is 11.1 Å². The van der Waals surface area contributed by atoms with E-state index in [1.54, 1.807) is 32.4 Å². The number of hydrogen-bond donors (Lipinski definition) is 1. The van der Waals surface area contributed by atoms with Gasteiger partial charge >= 0.3 is 0 Å². The molecule has 0 saturated heterocycles. The predicted molar refractivity (Wildman–Crippen MR) is 88.1 cm³/mol. The molecule has 0 unspecified atom stereocenters. The summed E-state index contributed by atoms with van der Waals surface area (Å²) in [7, 11) is 3.13. The van der Waals surface area contributed by atoms with Gasteiger partial charge in [0.25, 0.3) is 5.91 Å². The first-order valence-electron chi connectivity index (χ1n) is 7.29. The zero-order chi connectivity index (χ0) is 16.7. The van der Waals surface area contributed by atoms with E-state index in [0.29, 0.717) is 23.8 Å². The highest BCUT2D eigenvalue weighted by molar-refractivity contribution is 5.77. The Morgan fingerprint density at radius 2 is 1.65 bits per heavy atom. The number of aryl methyl sites for hydroxylation is 1. The molecule has 0 saturated carbocycles. The summed E-state index contributed by atoms with van der Waals surface area (Å²) in [5.41, 5.74) is 2.22. The summed E-state index contributed by atoms with van der Waals surface area (Å²) in [6.45, 7) is 2.43. The normalized spacial score (nSPS) is 10.0. The Bertz CT molecular complexity index is 648. The fraction of sp³-hybridized carbons (Fsp3) is 0.278. The van der Waals surface area contributed by atoms with Crippen LogP contribution in [0.2, 0.25) is 0 Å². The quantitative estimate of drug-likeness (QED) is 0.853. The summed E-state index contributed by atoms with van der Waals surface area (Å²) < 4.78 is 15.8. The van der Waals surface area contributed by atoms with Crippen LogP contribution >= 0.6 is 0 Å². The van der Waals surface area contributed by atoms with E-state index in [1.165, 1.54) is 0 Å². The number of nitrogens with one attached hydrogen (secondary N) is 1. The van der Waals surface area contributed by atoms with Gasteiger partial charge in [-0.1, -0.05) is 29.8 Å². The minimum atomic E-state index is -0.187. The van der Waals surface area contributed by atoms with Crippen molar-refractivity contribution < 1.29 is 19.0 Å². The molecule has 0 atom stereocenters. The minimum absolute atomic E-state index is 0.0673. The Morgan fingerprint density at radius 3 is 2.26 bits per heavy atom. The predicted octanol–water partition coefficient (Wildman–Crippen LogP) is 2.71. The van der Waals surface area contributed by atoms with Gasteiger partial charge in [0.15, 0.2) is 6.61 Å². The van der Waals surface area contributed by atoms with Crippen molar-refractivity contribution in [1.82, 2.24) is 5.32 Å². The van der Waals surface area contributed by atoms with E-state index in [2.05, 4.69) is 5.32 Å². The maximum Gasteiger partial charge on any atom is 0.258 e. The molecule has 5 heteroatoms. The minimum Gasteiger partial charge on any atom is -0.496 e. The van der Waals surface area contributed by atoms with Crippen LogP contribution < -0.4 is 19.5 Å². The van der Waals surface area contributed by atoms with Crippen LogP contribution in [0.3, 0.4) is 0 Å². The number of methoxy groups -OCH3 is 2. The first-order chi connectivity index (χ1) is 11.1. The Kier molecular flexibility index (Phi) is 5.86. The fourth-order valence-corrected chi connectivity index (χ4v) is 2.09. The van der Waals surface area contributed by atoms with Crippen LogP contribution in [0.5, 0.6) is 17.2 Å². The lowest BCUT2D eigenvalue weighted by Gasteiger charge is -2.10. The van der Waals surface area contributed by atoms with Crippen LogP contribution in [0.4, 0.5) is 0 Å². The van der Waals surface area contributed by atoms with Gasteiger partial charge in [0, 0.05) is 24.7 Å². The lowest BCUT2D eigenvalue weighted by atomic mass is 10.1. The Morgan fingerprint density at radius 1 is 1.00 bits per heavy atom. The summed E-state index contributed by atoms with van der Waals surface area (Å²) in [4.78, 5) is 11.9. The molecule has 0 radical (unpaired) electrons. The summed E-state index contributed by atoms with van der Waals surface area (Å²) >= 11 is 0. The Hall–Kier alpha value is -2.69. The lowest BCUT2D eigenvalue weighted by molar-refractivity contribution is -0.123. The standard InChI is InChI=1S/C18H21NO4/c1-13-5-4-6-14(7-13)11-19-18(20)12-23-17-9-15(21-2)8-16(10-17)22-3/h4-10H,11-12H2,1-3H3,(H,19,20). The molecule has 2 rings (SSSR count). The third kappa shape index (κ3) is 5.21. The number of hydrogen-bond acceptors (Lipinski definition) is 4. The van der Waals surface area contributed by atoms with Gasteiger partial charge in [0.2, 0.25) is 0 Å². The molecule has 1 N–H and O–H groups in total. The second-order valence-corrected chi connectivity index (χ2v) is 5.10. The molecule has 23 heavy (non-hydrogen) atoms. The van der Waals surface area contributed by atoms with Crippen molar-refractivity contribution in [3.8, 4) is 17.2 Å². The molecule has 0 aromatic heterocycles. The number of rotatable bonds is 7. The van der Waals surface area contributed by atoms with Crippen LogP contribution in [0, 0.1) is 6.92 Å². The topological polar surface area (TPSA) is 56.8 Å². The van der Waals surface area contributed by atoms with E-state index >= 15 is 0 Å². The molecular formula is C18H21NO4. The number of carbonyl (C=O) groups is 1. The summed E-state index contributed by atoms with van der Waals surface area (Å²) in [6.07, 6.45) is 0. The SMILES string of the molecule is COc1cc(OC)cc(OCC(=O)NCc2cccc(C)c2)c1. The second-order valence-electron chi connectivity index (χ2n) is 5.10. The van der Waals surface area contributed by atoms with Crippen molar-refractivity contribution in [2.24, 2.45) is 0 Å². The molecule has 2 aromatic rings. The lowest BCUT2D eigenvalue weighted by Crippen LogP contribution is -2.28. The largest absolute Gasteiger partial charge is 0.496 e. The van der Waals surface area contributed by atoms with Crippen LogP contribution in [0.25, 0.3) is 0 Å². The zero-order valence-corrected chi connectivity index (χ0v) is 13.6. The third-order valence-corrected chi connectivity index (χ3v) is 3.27. The molecule has 1 amide bonds. The molecule has 0 bridgehead atoms. The fourth-order valence-electron chi connectivity index (χ4n) is 2.09. The van der Waals surface area contributed by atoms with E-state index in [4.69, 9.17) is 14.2 Å². The molecule has 0 heterocycles. The first-order valence-corrected chi connectivity index (χ1v) is 7.29. The number of amides is 1. The number of benzene rings is 2. The summed E-state index contributed by atoms with van der Waals surface area (Å²) in [6, 6.07) is 13.1. The highest BCUT2D eigenvalue weighted by Gasteiger charge is 2.06. The first kappa shape index (κ1) is 16.7. The molecule has 0 aliphatic carbocycles. The molecule has 0 fully saturated rings. The third-order valence-electron chi connectivity index (χ3n) is 3.27. The van der Waals surface area contributed by atoms with Crippen LogP contribution in [0.15, 0.2) is 42.5 Å². The smallest absolute Gasteiger partial charge is 0.258 e. The summed E-state index contributed by atoms with van der Waals surface area (Å²) in [5.74, 6) is 1.55. The van der Waals surface area contributed by atoms with Gasteiger partial charge in [-0.2, -0.15) is 0 Å². The van der Waals surface area contributed by atoms with E-state index in [-0.39, 0.29) is 12.5 Å². The highest BCUT2D eigenvalue weighted by atomic mass is 16.5. The van der Waals surface area contributed by atoms with Gasteiger partial charge in [-0.3, -0.25) is 4.79 Å². The number of carbonyl (C=O) groups excluding carboxylic acids is 1. The second kappa shape index (κ2) is 8.08. The van der Waals surface area contributed by atoms with Crippen molar-refractivity contribution >= 4 is 5.91 Å². The van der Waals surface area contributed by atoms with Gasteiger partial charge < -0.3 is 19.5 Å². The Labute approximate surface area is 136 Å². The molecular weight excluding hydrogens is 294 g/mol.